The summed E-state index contributed by atoms with van der Waals surface area (Å²) < 4.78 is 22.6. The standard InChI is InChI=1S/C13H14O5/c14-9-8-6-15-13(16-8)11-10(9)17-12(18-11)7-4-2-1-3-5-7/h1-5,8-14H,6H2/t8-,9-,10-,11+,12-,13+/m1/s1. The lowest BCUT2D eigenvalue weighted by Gasteiger charge is -2.31. The molecule has 3 aliphatic heterocycles. The van der Waals surface area contributed by atoms with Crippen molar-refractivity contribution in [3.05, 3.63) is 35.9 Å². The van der Waals surface area contributed by atoms with Crippen LogP contribution < -0.4 is 0 Å². The highest BCUT2D eigenvalue weighted by Crippen LogP contribution is 2.41. The quantitative estimate of drug-likeness (QED) is 0.790. The van der Waals surface area contributed by atoms with Gasteiger partial charge in [0.25, 0.3) is 0 Å². The van der Waals surface area contributed by atoms with Crippen molar-refractivity contribution in [2.75, 3.05) is 6.61 Å². The van der Waals surface area contributed by atoms with Crippen LogP contribution in [-0.4, -0.2) is 42.4 Å². The average Bonchev–Trinajstić information content (AvgIpc) is 3.04. The minimum Gasteiger partial charge on any atom is -0.387 e. The Kier molecular flexibility index (Phi) is 2.43. The molecule has 0 amide bonds. The Morgan fingerprint density at radius 3 is 2.61 bits per heavy atom. The molecular formula is C13H14O5. The number of ether oxygens (including phenoxy) is 4. The molecular weight excluding hydrogens is 236 g/mol. The van der Waals surface area contributed by atoms with Gasteiger partial charge in [-0.15, -0.1) is 0 Å². The number of hydrogen-bond acceptors (Lipinski definition) is 5. The van der Waals surface area contributed by atoms with Crippen molar-refractivity contribution in [2.45, 2.75) is 37.0 Å². The van der Waals surface area contributed by atoms with E-state index in [1.165, 1.54) is 0 Å². The highest BCUT2D eigenvalue weighted by Gasteiger charge is 2.56. The molecule has 18 heavy (non-hydrogen) atoms. The van der Waals surface area contributed by atoms with Gasteiger partial charge in [0.15, 0.2) is 12.6 Å². The summed E-state index contributed by atoms with van der Waals surface area (Å²) >= 11 is 0. The second-order valence-electron chi connectivity index (χ2n) is 4.81. The summed E-state index contributed by atoms with van der Waals surface area (Å²) in [6, 6.07) is 9.68. The summed E-state index contributed by atoms with van der Waals surface area (Å²) in [6.45, 7) is 0.404. The van der Waals surface area contributed by atoms with Crippen LogP contribution in [0, 0.1) is 0 Å². The van der Waals surface area contributed by atoms with Crippen molar-refractivity contribution in [2.24, 2.45) is 0 Å². The lowest BCUT2D eigenvalue weighted by Crippen LogP contribution is -2.52. The van der Waals surface area contributed by atoms with E-state index in [-0.39, 0.29) is 18.3 Å². The first-order valence-electron chi connectivity index (χ1n) is 6.14. The predicted octanol–water partition coefficient (Wildman–Crippen LogP) is 0.585. The number of benzene rings is 1. The lowest BCUT2D eigenvalue weighted by molar-refractivity contribution is -0.194. The summed E-state index contributed by atoms with van der Waals surface area (Å²) in [5.74, 6) is 0. The van der Waals surface area contributed by atoms with Gasteiger partial charge in [0.2, 0.25) is 0 Å². The molecule has 3 aliphatic rings. The molecule has 3 saturated heterocycles. The minimum absolute atomic E-state index is 0.297. The zero-order chi connectivity index (χ0) is 12.1. The van der Waals surface area contributed by atoms with E-state index in [0.717, 1.165) is 5.56 Å². The summed E-state index contributed by atoms with van der Waals surface area (Å²) in [6.07, 6.45) is -2.60. The third-order valence-corrected chi connectivity index (χ3v) is 3.68. The van der Waals surface area contributed by atoms with E-state index in [1.54, 1.807) is 0 Å². The van der Waals surface area contributed by atoms with Crippen molar-refractivity contribution in [1.82, 2.24) is 0 Å². The van der Waals surface area contributed by atoms with Crippen LogP contribution in [0.25, 0.3) is 0 Å². The molecule has 5 nitrogen and oxygen atoms in total. The van der Waals surface area contributed by atoms with Crippen LogP contribution in [0.1, 0.15) is 11.9 Å². The van der Waals surface area contributed by atoms with Gasteiger partial charge in [0.1, 0.15) is 24.4 Å². The molecule has 2 bridgehead atoms. The van der Waals surface area contributed by atoms with Gasteiger partial charge in [-0.1, -0.05) is 30.3 Å². The van der Waals surface area contributed by atoms with Gasteiger partial charge < -0.3 is 24.1 Å². The summed E-state index contributed by atoms with van der Waals surface area (Å²) in [5.41, 5.74) is 0.940. The van der Waals surface area contributed by atoms with Gasteiger partial charge in [-0.3, -0.25) is 0 Å². The molecule has 3 fully saturated rings. The number of hydrogen-bond donors (Lipinski definition) is 1. The van der Waals surface area contributed by atoms with Gasteiger partial charge in [-0.2, -0.15) is 0 Å². The molecule has 0 saturated carbocycles. The molecule has 96 valence electrons. The average molecular weight is 250 g/mol. The highest BCUT2D eigenvalue weighted by atomic mass is 16.8. The van der Waals surface area contributed by atoms with Gasteiger partial charge in [0.05, 0.1) is 6.61 Å². The third-order valence-electron chi connectivity index (χ3n) is 3.68. The fourth-order valence-electron chi connectivity index (χ4n) is 2.74. The predicted molar refractivity (Wildman–Crippen MR) is 59.5 cm³/mol. The molecule has 1 N–H and O–H groups in total. The molecule has 0 spiro atoms. The van der Waals surface area contributed by atoms with E-state index >= 15 is 0 Å². The van der Waals surface area contributed by atoms with Gasteiger partial charge in [-0.25, -0.2) is 0 Å². The van der Waals surface area contributed by atoms with Gasteiger partial charge in [-0.05, 0) is 0 Å². The number of rotatable bonds is 1. The second kappa shape index (κ2) is 4.01. The molecule has 3 heterocycles. The number of aliphatic hydroxyl groups excluding tert-OH is 1. The van der Waals surface area contributed by atoms with Crippen LogP contribution in [0.4, 0.5) is 0 Å². The summed E-state index contributed by atoms with van der Waals surface area (Å²) in [5, 5.41) is 10.1. The van der Waals surface area contributed by atoms with Gasteiger partial charge in [0, 0.05) is 5.56 Å². The smallest absolute Gasteiger partial charge is 0.187 e. The Morgan fingerprint density at radius 2 is 1.78 bits per heavy atom. The Bertz CT molecular complexity index is 430. The van der Waals surface area contributed by atoms with E-state index in [1.807, 2.05) is 30.3 Å². The first-order chi connectivity index (χ1) is 8.83. The van der Waals surface area contributed by atoms with Crippen LogP contribution in [0.3, 0.4) is 0 Å². The third kappa shape index (κ3) is 1.52. The maximum absolute atomic E-state index is 10.1. The maximum Gasteiger partial charge on any atom is 0.187 e. The minimum atomic E-state index is -0.692. The molecule has 4 rings (SSSR count). The first-order valence-corrected chi connectivity index (χ1v) is 6.14. The summed E-state index contributed by atoms with van der Waals surface area (Å²) in [7, 11) is 0. The topological polar surface area (TPSA) is 57.2 Å². The first kappa shape index (κ1) is 10.9. The fraction of sp³-hybridized carbons (Fsp3) is 0.538. The largest absolute Gasteiger partial charge is 0.387 e. The number of aliphatic hydroxyl groups is 1. The molecule has 0 aromatic heterocycles. The van der Waals surface area contributed by atoms with Crippen molar-refractivity contribution in [3.63, 3.8) is 0 Å². The van der Waals surface area contributed by atoms with Crippen LogP contribution >= 0.6 is 0 Å². The van der Waals surface area contributed by atoms with Crippen LogP contribution in [0.2, 0.25) is 0 Å². The fourth-order valence-corrected chi connectivity index (χ4v) is 2.74. The lowest BCUT2D eigenvalue weighted by atomic mass is 10.0. The Hall–Kier alpha value is -0.980. The zero-order valence-corrected chi connectivity index (χ0v) is 9.64. The SMILES string of the molecule is O[C@H]1[C@H]2O[C@@H](c3ccccc3)O[C@@H]2[C@H]2OC[C@H]1O2. The van der Waals surface area contributed by atoms with Crippen molar-refractivity contribution in [1.29, 1.82) is 0 Å². The second-order valence-corrected chi connectivity index (χ2v) is 4.81. The van der Waals surface area contributed by atoms with Crippen molar-refractivity contribution < 1.29 is 24.1 Å². The van der Waals surface area contributed by atoms with E-state index in [0.29, 0.717) is 6.61 Å². The molecule has 0 radical (unpaired) electrons. The Morgan fingerprint density at radius 1 is 1.00 bits per heavy atom. The van der Waals surface area contributed by atoms with Crippen molar-refractivity contribution >= 4 is 0 Å². The van der Waals surface area contributed by atoms with Crippen LogP contribution in [-0.2, 0) is 18.9 Å². The van der Waals surface area contributed by atoms with E-state index in [2.05, 4.69) is 0 Å². The van der Waals surface area contributed by atoms with E-state index in [4.69, 9.17) is 18.9 Å². The Balaban J connectivity index is 1.60. The van der Waals surface area contributed by atoms with Crippen molar-refractivity contribution in [3.8, 4) is 0 Å². The molecule has 5 heteroatoms. The van der Waals surface area contributed by atoms with Gasteiger partial charge >= 0.3 is 0 Å². The number of fused-ring (bicyclic) bond motifs is 4. The Labute approximate surface area is 104 Å². The monoisotopic (exact) mass is 250 g/mol. The van der Waals surface area contributed by atoms with E-state index < -0.39 is 18.7 Å². The molecule has 6 atom stereocenters. The van der Waals surface area contributed by atoms with Crippen LogP contribution in [0.5, 0.6) is 0 Å². The zero-order valence-electron chi connectivity index (χ0n) is 9.64. The molecule has 0 aliphatic carbocycles. The molecule has 1 aromatic rings. The van der Waals surface area contributed by atoms with Crippen LogP contribution in [0.15, 0.2) is 30.3 Å². The molecule has 0 unspecified atom stereocenters. The van der Waals surface area contributed by atoms with E-state index in [9.17, 15) is 5.11 Å². The highest BCUT2D eigenvalue weighted by molar-refractivity contribution is 5.17. The molecule has 1 aromatic carbocycles. The summed E-state index contributed by atoms with van der Waals surface area (Å²) in [4.78, 5) is 0. The maximum atomic E-state index is 10.1. The normalized spacial score (nSPS) is 46.1.